The first kappa shape index (κ1) is 16.4. The van der Waals surface area contributed by atoms with Crippen molar-refractivity contribution in [2.75, 3.05) is 30.0 Å². The Morgan fingerprint density at radius 2 is 2.22 bits per heavy atom. The summed E-state index contributed by atoms with van der Waals surface area (Å²) in [6, 6.07) is 7.75. The molecule has 3 rings (SSSR count). The summed E-state index contributed by atoms with van der Waals surface area (Å²) in [6.07, 6.45) is 4.54. The third kappa shape index (κ3) is 4.30. The van der Waals surface area contributed by atoms with Gasteiger partial charge >= 0.3 is 0 Å². The molecule has 6 heteroatoms. The summed E-state index contributed by atoms with van der Waals surface area (Å²) >= 11 is 7.85. The summed E-state index contributed by atoms with van der Waals surface area (Å²) < 4.78 is 0. The maximum Gasteiger partial charge on any atom is 0.224 e. The topological polar surface area (TPSA) is 45.2 Å². The average Bonchev–Trinajstić information content (AvgIpc) is 2.56. The van der Waals surface area contributed by atoms with Crippen LogP contribution in [0.2, 0.25) is 5.02 Å². The predicted molar refractivity (Wildman–Crippen MR) is 98.1 cm³/mol. The zero-order chi connectivity index (χ0) is 16.1. The minimum atomic E-state index is 0.300. The molecule has 0 bridgehead atoms. The lowest BCUT2D eigenvalue weighted by Crippen LogP contribution is -2.35. The first-order chi connectivity index (χ1) is 11.2. The highest BCUT2D eigenvalue weighted by atomic mass is 35.5. The SMILES string of the molecule is O=C1CCSCN1CCCCNc1ccnc2cc(Cl)ccc12. The van der Waals surface area contributed by atoms with Gasteiger partial charge in [-0.2, -0.15) is 0 Å². The van der Waals surface area contributed by atoms with Crippen molar-refractivity contribution in [1.82, 2.24) is 9.88 Å². The number of carbonyl (C=O) groups is 1. The normalized spacial score (nSPS) is 15.2. The number of nitrogens with one attached hydrogen (secondary N) is 1. The summed E-state index contributed by atoms with van der Waals surface area (Å²) in [7, 11) is 0. The summed E-state index contributed by atoms with van der Waals surface area (Å²) in [4.78, 5) is 18.0. The number of halogens is 1. The number of thioether (sulfide) groups is 1. The van der Waals surface area contributed by atoms with E-state index in [1.165, 1.54) is 0 Å². The number of unbranched alkanes of at least 4 members (excludes halogenated alkanes) is 1. The van der Waals surface area contributed by atoms with Crippen molar-refractivity contribution in [1.29, 1.82) is 0 Å². The zero-order valence-electron chi connectivity index (χ0n) is 12.9. The van der Waals surface area contributed by atoms with Crippen LogP contribution in [0.4, 0.5) is 5.69 Å². The maximum absolute atomic E-state index is 11.7. The fraction of sp³-hybridized carbons (Fsp3) is 0.412. The summed E-state index contributed by atoms with van der Waals surface area (Å²) in [5.74, 6) is 2.12. The quantitative estimate of drug-likeness (QED) is 0.800. The Balaban J connectivity index is 1.48. The first-order valence-electron chi connectivity index (χ1n) is 7.88. The molecule has 0 radical (unpaired) electrons. The Bertz CT molecular complexity index is 695. The standard InChI is InChI=1S/C17H20ClN3OS/c18-13-3-4-14-15(5-8-20-16(14)11-13)19-7-1-2-9-21-12-23-10-6-17(21)22/h3-5,8,11H,1-2,6-7,9-10,12H2,(H,19,20). The number of amides is 1. The van der Waals surface area contributed by atoms with E-state index >= 15 is 0 Å². The van der Waals surface area contributed by atoms with E-state index in [1.54, 1.807) is 6.20 Å². The van der Waals surface area contributed by atoms with Crippen molar-refractivity contribution < 1.29 is 4.79 Å². The van der Waals surface area contributed by atoms with Gasteiger partial charge < -0.3 is 10.2 Å². The van der Waals surface area contributed by atoms with Crippen molar-refractivity contribution in [3.63, 3.8) is 0 Å². The molecule has 0 spiro atoms. The van der Waals surface area contributed by atoms with Gasteiger partial charge in [-0.05, 0) is 37.1 Å². The van der Waals surface area contributed by atoms with Crippen LogP contribution >= 0.6 is 23.4 Å². The number of hydrogen-bond donors (Lipinski definition) is 1. The molecule has 0 atom stereocenters. The highest BCUT2D eigenvalue weighted by Crippen LogP contribution is 2.24. The van der Waals surface area contributed by atoms with Crippen molar-refractivity contribution in [2.45, 2.75) is 19.3 Å². The molecule has 1 amide bonds. The number of pyridine rings is 1. The lowest BCUT2D eigenvalue weighted by atomic mass is 10.2. The number of rotatable bonds is 6. The zero-order valence-corrected chi connectivity index (χ0v) is 14.5. The van der Waals surface area contributed by atoms with E-state index in [2.05, 4.69) is 10.3 Å². The van der Waals surface area contributed by atoms with E-state index in [0.29, 0.717) is 17.4 Å². The number of aromatic nitrogens is 1. The van der Waals surface area contributed by atoms with Crippen molar-refractivity contribution in [3.8, 4) is 0 Å². The van der Waals surface area contributed by atoms with Crippen LogP contribution < -0.4 is 5.32 Å². The van der Waals surface area contributed by atoms with Crippen LogP contribution in [0.5, 0.6) is 0 Å². The minimum absolute atomic E-state index is 0.300. The van der Waals surface area contributed by atoms with Crippen molar-refractivity contribution in [3.05, 3.63) is 35.5 Å². The van der Waals surface area contributed by atoms with E-state index in [-0.39, 0.29) is 0 Å². The van der Waals surface area contributed by atoms with Gasteiger partial charge in [-0.3, -0.25) is 9.78 Å². The average molecular weight is 350 g/mol. The second-order valence-corrected chi connectivity index (χ2v) is 7.11. The molecule has 1 aromatic carbocycles. The fourth-order valence-electron chi connectivity index (χ4n) is 2.68. The van der Waals surface area contributed by atoms with Gasteiger partial charge in [-0.25, -0.2) is 0 Å². The Morgan fingerprint density at radius 3 is 3.09 bits per heavy atom. The van der Waals surface area contributed by atoms with Gasteiger partial charge in [-0.1, -0.05) is 11.6 Å². The van der Waals surface area contributed by atoms with Crippen LogP contribution in [-0.2, 0) is 4.79 Å². The molecule has 1 aliphatic rings. The Hall–Kier alpha value is -1.46. The van der Waals surface area contributed by atoms with Gasteiger partial charge in [0.2, 0.25) is 5.91 Å². The van der Waals surface area contributed by atoms with Gasteiger partial charge in [0.05, 0.1) is 11.4 Å². The van der Waals surface area contributed by atoms with E-state index in [0.717, 1.165) is 54.2 Å². The molecule has 1 aromatic heterocycles. The third-order valence-electron chi connectivity index (χ3n) is 3.94. The highest BCUT2D eigenvalue weighted by Gasteiger charge is 2.17. The minimum Gasteiger partial charge on any atom is -0.384 e. The van der Waals surface area contributed by atoms with Crippen LogP contribution in [0.15, 0.2) is 30.5 Å². The van der Waals surface area contributed by atoms with Gasteiger partial charge in [0, 0.05) is 47.6 Å². The molecule has 4 nitrogen and oxygen atoms in total. The van der Waals surface area contributed by atoms with E-state index in [9.17, 15) is 4.79 Å². The van der Waals surface area contributed by atoms with Crippen LogP contribution in [0.3, 0.4) is 0 Å². The second-order valence-electron chi connectivity index (χ2n) is 5.60. The summed E-state index contributed by atoms with van der Waals surface area (Å²) in [5, 5.41) is 5.25. The molecule has 0 saturated carbocycles. The van der Waals surface area contributed by atoms with Gasteiger partial charge in [0.25, 0.3) is 0 Å². The van der Waals surface area contributed by atoms with Crippen LogP contribution in [0, 0.1) is 0 Å². The fourth-order valence-corrected chi connectivity index (χ4v) is 3.79. The first-order valence-corrected chi connectivity index (χ1v) is 9.41. The molecule has 2 aromatic rings. The molecule has 23 heavy (non-hydrogen) atoms. The lowest BCUT2D eigenvalue weighted by molar-refractivity contribution is -0.130. The molecule has 0 unspecified atom stereocenters. The molecule has 122 valence electrons. The van der Waals surface area contributed by atoms with Crippen LogP contribution in [0.25, 0.3) is 10.9 Å². The largest absolute Gasteiger partial charge is 0.384 e. The van der Waals surface area contributed by atoms with Crippen molar-refractivity contribution >= 4 is 45.9 Å². The molecule has 1 saturated heterocycles. The molecule has 1 N–H and O–H groups in total. The number of nitrogens with zero attached hydrogens (tertiary/aromatic N) is 2. The molecular formula is C17H20ClN3OS. The van der Waals surface area contributed by atoms with Crippen LogP contribution in [-0.4, -0.2) is 40.5 Å². The smallest absolute Gasteiger partial charge is 0.224 e. The molecule has 1 fully saturated rings. The predicted octanol–water partition coefficient (Wildman–Crippen LogP) is 4.00. The summed E-state index contributed by atoms with van der Waals surface area (Å²) in [6.45, 7) is 1.75. The highest BCUT2D eigenvalue weighted by molar-refractivity contribution is 7.99. The Labute approximate surface area is 145 Å². The maximum atomic E-state index is 11.7. The number of anilines is 1. The van der Waals surface area contributed by atoms with Gasteiger partial charge in [0.15, 0.2) is 0 Å². The molecule has 2 heterocycles. The molecular weight excluding hydrogens is 330 g/mol. The number of carbonyl (C=O) groups excluding carboxylic acids is 1. The Morgan fingerprint density at radius 1 is 1.30 bits per heavy atom. The van der Waals surface area contributed by atoms with E-state index in [1.807, 2.05) is 40.9 Å². The van der Waals surface area contributed by atoms with Gasteiger partial charge in [0.1, 0.15) is 0 Å². The second kappa shape index (κ2) is 7.88. The number of benzene rings is 1. The van der Waals surface area contributed by atoms with Crippen LogP contribution in [0.1, 0.15) is 19.3 Å². The van der Waals surface area contributed by atoms with E-state index < -0.39 is 0 Å². The van der Waals surface area contributed by atoms with E-state index in [4.69, 9.17) is 11.6 Å². The number of hydrogen-bond acceptors (Lipinski definition) is 4. The van der Waals surface area contributed by atoms with Crippen molar-refractivity contribution in [2.24, 2.45) is 0 Å². The number of fused-ring (bicyclic) bond motifs is 1. The molecule has 0 aliphatic carbocycles. The Kier molecular flexibility index (Phi) is 5.62. The third-order valence-corrected chi connectivity index (χ3v) is 5.16. The van der Waals surface area contributed by atoms with Gasteiger partial charge in [-0.15, -0.1) is 11.8 Å². The molecule has 1 aliphatic heterocycles. The summed E-state index contributed by atoms with van der Waals surface area (Å²) in [5.41, 5.74) is 1.98. The monoisotopic (exact) mass is 349 g/mol. The lowest BCUT2D eigenvalue weighted by Gasteiger charge is -2.26.